The Bertz CT molecular complexity index is 767. The lowest BCUT2D eigenvalue weighted by molar-refractivity contribution is 0.423. The summed E-state index contributed by atoms with van der Waals surface area (Å²) in [6, 6.07) is 7.39. The highest BCUT2D eigenvalue weighted by Gasteiger charge is 2.30. The Morgan fingerprint density at radius 3 is 2.86 bits per heavy atom. The Morgan fingerprint density at radius 2 is 2.14 bits per heavy atom. The van der Waals surface area contributed by atoms with Crippen LogP contribution in [0.5, 0.6) is 0 Å². The van der Waals surface area contributed by atoms with Crippen LogP contribution in [0.2, 0.25) is 0 Å². The summed E-state index contributed by atoms with van der Waals surface area (Å²) in [4.78, 5) is 0.225. The lowest BCUT2D eigenvalue weighted by Crippen LogP contribution is -2.29. The highest BCUT2D eigenvalue weighted by Crippen LogP contribution is 2.32. The molecule has 1 unspecified atom stereocenters. The fraction of sp³-hybridized carbons (Fsp3) is 0.333. The van der Waals surface area contributed by atoms with E-state index in [0.29, 0.717) is 18.5 Å². The van der Waals surface area contributed by atoms with Gasteiger partial charge < -0.3 is 9.73 Å². The number of hydrogen-bond acceptors (Lipinski definition) is 4. The van der Waals surface area contributed by atoms with E-state index in [4.69, 9.17) is 4.42 Å². The lowest BCUT2D eigenvalue weighted by Gasteiger charge is -2.26. The first kappa shape index (κ1) is 14.3. The number of aryl methyl sites for hydroxylation is 1. The third-order valence-electron chi connectivity index (χ3n) is 3.68. The van der Waals surface area contributed by atoms with Gasteiger partial charge in [-0.1, -0.05) is 0 Å². The van der Waals surface area contributed by atoms with Crippen LogP contribution in [-0.2, 0) is 16.4 Å². The molecule has 0 aliphatic carbocycles. The quantitative estimate of drug-likeness (QED) is 0.886. The summed E-state index contributed by atoms with van der Waals surface area (Å²) < 4.78 is 43.0. The standard InChI is InChI=1S/C15H16FNO3S/c1-10-2-4-12(20-10)9-17-14-6-7-21(18,19)15-5-3-11(16)8-13(14)15/h2-5,8,14,17H,6-7,9H2,1H3. The number of halogens is 1. The van der Waals surface area contributed by atoms with Gasteiger partial charge in [-0.25, -0.2) is 12.8 Å². The number of sulfone groups is 1. The first-order chi connectivity index (χ1) is 9.95. The number of furan rings is 1. The highest BCUT2D eigenvalue weighted by atomic mass is 32.2. The van der Waals surface area contributed by atoms with Gasteiger partial charge in [-0.15, -0.1) is 0 Å². The molecule has 0 saturated carbocycles. The van der Waals surface area contributed by atoms with Crippen LogP contribution in [-0.4, -0.2) is 14.2 Å². The molecule has 21 heavy (non-hydrogen) atoms. The van der Waals surface area contributed by atoms with Gasteiger partial charge in [0.1, 0.15) is 17.3 Å². The second kappa shape index (κ2) is 5.27. The van der Waals surface area contributed by atoms with Crippen LogP contribution < -0.4 is 5.32 Å². The highest BCUT2D eigenvalue weighted by molar-refractivity contribution is 7.91. The molecule has 1 aromatic heterocycles. The van der Waals surface area contributed by atoms with E-state index in [1.165, 1.54) is 18.2 Å². The topological polar surface area (TPSA) is 59.3 Å². The van der Waals surface area contributed by atoms with E-state index in [1.54, 1.807) is 0 Å². The van der Waals surface area contributed by atoms with Crippen molar-refractivity contribution >= 4 is 9.84 Å². The number of rotatable bonds is 3. The molecule has 0 bridgehead atoms. The third-order valence-corrected chi connectivity index (χ3v) is 5.49. The zero-order valence-electron chi connectivity index (χ0n) is 11.6. The lowest BCUT2D eigenvalue weighted by atomic mass is 10.0. The number of nitrogens with one attached hydrogen (secondary N) is 1. The fourth-order valence-electron chi connectivity index (χ4n) is 2.63. The molecule has 112 valence electrons. The molecule has 0 spiro atoms. The summed E-state index contributed by atoms with van der Waals surface area (Å²) in [6.07, 6.45) is 0.429. The summed E-state index contributed by atoms with van der Waals surface area (Å²) in [5, 5.41) is 3.25. The number of hydrogen-bond donors (Lipinski definition) is 1. The summed E-state index contributed by atoms with van der Waals surface area (Å²) in [5.74, 6) is 1.25. The normalized spacial score (nSPS) is 20.2. The van der Waals surface area contributed by atoms with Crippen LogP contribution in [0, 0.1) is 12.7 Å². The van der Waals surface area contributed by atoms with Crippen LogP contribution in [0.4, 0.5) is 4.39 Å². The minimum absolute atomic E-state index is 0.0699. The van der Waals surface area contributed by atoms with Crippen molar-refractivity contribution in [3.8, 4) is 0 Å². The zero-order valence-corrected chi connectivity index (χ0v) is 12.4. The minimum Gasteiger partial charge on any atom is -0.465 e. The maximum atomic E-state index is 13.4. The average molecular weight is 309 g/mol. The monoisotopic (exact) mass is 309 g/mol. The number of benzene rings is 1. The molecule has 0 radical (unpaired) electrons. The molecule has 0 amide bonds. The van der Waals surface area contributed by atoms with Crippen LogP contribution >= 0.6 is 0 Å². The first-order valence-electron chi connectivity index (χ1n) is 6.76. The zero-order chi connectivity index (χ0) is 15.0. The molecule has 1 aromatic carbocycles. The van der Waals surface area contributed by atoms with E-state index in [0.717, 1.165) is 11.5 Å². The largest absolute Gasteiger partial charge is 0.465 e. The van der Waals surface area contributed by atoms with Crippen LogP contribution in [0.1, 0.15) is 29.5 Å². The molecular weight excluding hydrogens is 293 g/mol. The van der Waals surface area contributed by atoms with Crippen LogP contribution in [0.3, 0.4) is 0 Å². The molecule has 3 rings (SSSR count). The van der Waals surface area contributed by atoms with E-state index in [-0.39, 0.29) is 16.7 Å². The van der Waals surface area contributed by atoms with Crippen LogP contribution in [0.25, 0.3) is 0 Å². The summed E-state index contributed by atoms with van der Waals surface area (Å²) in [5.41, 5.74) is 0.504. The van der Waals surface area contributed by atoms with E-state index in [2.05, 4.69) is 5.32 Å². The summed E-state index contributed by atoms with van der Waals surface area (Å²) in [6.45, 7) is 2.34. The van der Waals surface area contributed by atoms with Crippen molar-refractivity contribution in [1.29, 1.82) is 0 Å². The van der Waals surface area contributed by atoms with Crippen molar-refractivity contribution in [3.63, 3.8) is 0 Å². The Morgan fingerprint density at radius 1 is 1.33 bits per heavy atom. The van der Waals surface area contributed by atoms with E-state index >= 15 is 0 Å². The van der Waals surface area contributed by atoms with E-state index in [9.17, 15) is 12.8 Å². The van der Waals surface area contributed by atoms with E-state index in [1.807, 2.05) is 19.1 Å². The van der Waals surface area contributed by atoms with Gasteiger partial charge in [0.2, 0.25) is 0 Å². The Labute approximate surface area is 122 Å². The van der Waals surface area contributed by atoms with Gasteiger partial charge >= 0.3 is 0 Å². The molecule has 4 nitrogen and oxygen atoms in total. The maximum Gasteiger partial charge on any atom is 0.178 e. The molecule has 0 saturated heterocycles. The van der Waals surface area contributed by atoms with E-state index < -0.39 is 15.7 Å². The second-order valence-electron chi connectivity index (χ2n) is 5.24. The predicted molar refractivity (Wildman–Crippen MR) is 76.1 cm³/mol. The molecule has 6 heteroatoms. The summed E-state index contributed by atoms with van der Waals surface area (Å²) >= 11 is 0. The second-order valence-corrected chi connectivity index (χ2v) is 7.31. The molecule has 0 fully saturated rings. The Kier molecular flexibility index (Phi) is 3.59. The molecule has 2 aromatic rings. The van der Waals surface area contributed by atoms with Gasteiger partial charge in [0.15, 0.2) is 9.84 Å². The van der Waals surface area contributed by atoms with Crippen molar-refractivity contribution in [3.05, 3.63) is 53.2 Å². The van der Waals surface area contributed by atoms with Gasteiger partial charge in [-0.2, -0.15) is 0 Å². The molecule has 1 aliphatic rings. The van der Waals surface area contributed by atoms with Crippen molar-refractivity contribution < 1.29 is 17.2 Å². The Balaban J connectivity index is 1.86. The van der Waals surface area contributed by atoms with Crippen molar-refractivity contribution in [2.24, 2.45) is 0 Å². The van der Waals surface area contributed by atoms with Gasteiger partial charge in [-0.3, -0.25) is 0 Å². The molecular formula is C15H16FNO3S. The first-order valence-corrected chi connectivity index (χ1v) is 8.42. The van der Waals surface area contributed by atoms with Gasteiger partial charge in [0, 0.05) is 6.04 Å². The average Bonchev–Trinajstić information content (AvgIpc) is 2.83. The SMILES string of the molecule is Cc1ccc(CNC2CCS(=O)(=O)c3ccc(F)cc32)o1. The molecule has 1 aliphatic heterocycles. The molecule has 1 N–H and O–H groups in total. The van der Waals surface area contributed by atoms with Crippen molar-refractivity contribution in [2.75, 3.05) is 5.75 Å². The van der Waals surface area contributed by atoms with Gasteiger partial charge in [-0.05, 0) is 49.2 Å². The smallest absolute Gasteiger partial charge is 0.178 e. The van der Waals surface area contributed by atoms with Gasteiger partial charge in [0.05, 0.1) is 17.2 Å². The van der Waals surface area contributed by atoms with Gasteiger partial charge in [0.25, 0.3) is 0 Å². The predicted octanol–water partition coefficient (Wildman–Crippen LogP) is 2.74. The maximum absolute atomic E-state index is 13.4. The summed E-state index contributed by atoms with van der Waals surface area (Å²) in [7, 11) is -3.30. The van der Waals surface area contributed by atoms with Crippen LogP contribution in [0.15, 0.2) is 39.6 Å². The fourth-order valence-corrected chi connectivity index (χ4v) is 4.23. The Hall–Kier alpha value is -1.66. The molecule has 1 atom stereocenters. The van der Waals surface area contributed by atoms with Crippen molar-refractivity contribution in [1.82, 2.24) is 5.32 Å². The molecule has 2 heterocycles. The number of fused-ring (bicyclic) bond motifs is 1. The van der Waals surface area contributed by atoms with Crippen molar-refractivity contribution in [2.45, 2.75) is 30.8 Å². The third kappa shape index (κ3) is 2.87. The minimum atomic E-state index is -3.30.